The fourth-order valence-electron chi connectivity index (χ4n) is 3.28. The van der Waals surface area contributed by atoms with Crippen LogP contribution in [0.25, 0.3) is 5.57 Å². The molecule has 0 saturated carbocycles. The van der Waals surface area contributed by atoms with E-state index in [1.165, 1.54) is 0 Å². The van der Waals surface area contributed by atoms with E-state index in [0.29, 0.717) is 23.9 Å². The molecule has 1 aromatic rings. The predicted octanol–water partition coefficient (Wildman–Crippen LogP) is 4.99. The molecule has 0 heterocycles. The Kier molecular flexibility index (Phi) is 8.07. The van der Waals surface area contributed by atoms with Gasteiger partial charge in [-0.2, -0.15) is 0 Å². The first-order valence-corrected chi connectivity index (χ1v) is 9.64. The third-order valence-electron chi connectivity index (χ3n) is 4.66. The number of rotatable bonds is 5. The van der Waals surface area contributed by atoms with Crippen molar-refractivity contribution in [3.8, 4) is 5.75 Å². The predicted molar refractivity (Wildman–Crippen MR) is 108 cm³/mol. The standard InChI is InChI=1S/C20H26ClNO2S/c1-24-19-10-9-16(21)13-18(19)15-8-7-14(4-3-11-22)20(25)6-2-5-17(23)12-15/h9-10,12-14H,2-8,11,22H2,1H3. The summed E-state index contributed by atoms with van der Waals surface area (Å²) in [5.74, 6) is 1.25. The first kappa shape index (κ1) is 20.1. The first-order chi connectivity index (χ1) is 12.0. The van der Waals surface area contributed by atoms with E-state index in [-0.39, 0.29) is 5.78 Å². The smallest absolute Gasteiger partial charge is 0.155 e. The van der Waals surface area contributed by atoms with Crippen LogP contribution < -0.4 is 10.5 Å². The van der Waals surface area contributed by atoms with Crippen LogP contribution in [-0.2, 0) is 4.79 Å². The van der Waals surface area contributed by atoms with E-state index >= 15 is 0 Å². The van der Waals surface area contributed by atoms with Gasteiger partial charge in [0, 0.05) is 17.0 Å². The molecule has 3 nitrogen and oxygen atoms in total. The lowest BCUT2D eigenvalue weighted by atomic mass is 9.86. The van der Waals surface area contributed by atoms with Crippen LogP contribution in [-0.4, -0.2) is 24.3 Å². The van der Waals surface area contributed by atoms with Crippen LogP contribution in [0.3, 0.4) is 0 Å². The van der Waals surface area contributed by atoms with E-state index in [4.69, 9.17) is 34.3 Å². The van der Waals surface area contributed by atoms with Crippen molar-refractivity contribution in [2.24, 2.45) is 11.7 Å². The Bertz CT molecular complexity index is 657. The van der Waals surface area contributed by atoms with Gasteiger partial charge in [0.15, 0.2) is 5.78 Å². The van der Waals surface area contributed by atoms with Gasteiger partial charge in [-0.1, -0.05) is 23.8 Å². The monoisotopic (exact) mass is 379 g/mol. The number of hydrogen-bond acceptors (Lipinski definition) is 4. The SMILES string of the molecule is COc1ccc(Cl)cc1C1=CC(=O)CCCC(=S)C(CCCN)CC1. The summed E-state index contributed by atoms with van der Waals surface area (Å²) < 4.78 is 5.48. The molecule has 5 heteroatoms. The van der Waals surface area contributed by atoms with Crippen LogP contribution in [0.5, 0.6) is 5.75 Å². The van der Waals surface area contributed by atoms with Crippen molar-refractivity contribution in [1.82, 2.24) is 0 Å². The molecule has 0 spiro atoms. The Morgan fingerprint density at radius 3 is 2.84 bits per heavy atom. The molecule has 1 aromatic carbocycles. The van der Waals surface area contributed by atoms with Crippen LogP contribution in [0.1, 0.15) is 50.5 Å². The Balaban J connectivity index is 2.32. The van der Waals surface area contributed by atoms with Crippen LogP contribution >= 0.6 is 23.8 Å². The Morgan fingerprint density at radius 1 is 1.32 bits per heavy atom. The molecule has 1 unspecified atom stereocenters. The summed E-state index contributed by atoms with van der Waals surface area (Å²) in [6.07, 6.45) is 7.64. The molecule has 0 radical (unpaired) electrons. The normalized spacial score (nSPS) is 19.5. The number of carbonyl (C=O) groups is 1. The molecule has 0 aromatic heterocycles. The summed E-state index contributed by atoms with van der Waals surface area (Å²) in [6.45, 7) is 0.683. The zero-order valence-electron chi connectivity index (χ0n) is 14.7. The molecule has 0 amide bonds. The van der Waals surface area contributed by atoms with E-state index < -0.39 is 0 Å². The molecule has 0 fully saturated rings. The number of carbonyl (C=O) groups excluding carboxylic acids is 1. The quantitative estimate of drug-likeness (QED) is 0.732. The maximum absolute atomic E-state index is 12.3. The van der Waals surface area contributed by atoms with E-state index in [2.05, 4.69) is 0 Å². The van der Waals surface area contributed by atoms with Crippen LogP contribution in [0.4, 0.5) is 0 Å². The molecule has 25 heavy (non-hydrogen) atoms. The average molecular weight is 380 g/mol. The average Bonchev–Trinajstić information content (AvgIpc) is 2.60. The second-order valence-corrected chi connectivity index (χ2v) is 7.43. The minimum atomic E-state index is 0.139. The van der Waals surface area contributed by atoms with Gasteiger partial charge in [0.25, 0.3) is 0 Å². The lowest BCUT2D eigenvalue weighted by Gasteiger charge is -2.21. The summed E-state index contributed by atoms with van der Waals surface area (Å²) in [5.41, 5.74) is 7.55. The van der Waals surface area contributed by atoms with Crippen molar-refractivity contribution < 1.29 is 9.53 Å². The molecule has 1 aliphatic carbocycles. The van der Waals surface area contributed by atoms with Crippen LogP contribution in [0.15, 0.2) is 24.3 Å². The number of nitrogens with two attached hydrogens (primary N) is 1. The van der Waals surface area contributed by atoms with Gasteiger partial charge >= 0.3 is 0 Å². The minimum Gasteiger partial charge on any atom is -0.496 e. The summed E-state index contributed by atoms with van der Waals surface area (Å²) >= 11 is 11.8. The third-order valence-corrected chi connectivity index (χ3v) is 5.44. The molecule has 0 bridgehead atoms. The Morgan fingerprint density at radius 2 is 2.12 bits per heavy atom. The number of allylic oxidation sites excluding steroid dienone is 2. The first-order valence-electron chi connectivity index (χ1n) is 8.85. The zero-order valence-corrected chi connectivity index (χ0v) is 16.3. The second-order valence-electron chi connectivity index (χ2n) is 6.47. The minimum absolute atomic E-state index is 0.139. The zero-order chi connectivity index (χ0) is 18.2. The maximum atomic E-state index is 12.3. The highest BCUT2D eigenvalue weighted by atomic mass is 35.5. The molecule has 1 atom stereocenters. The van der Waals surface area contributed by atoms with E-state index in [1.54, 1.807) is 19.3 Å². The molecule has 136 valence electrons. The lowest BCUT2D eigenvalue weighted by molar-refractivity contribution is -0.114. The van der Waals surface area contributed by atoms with Gasteiger partial charge in [0.1, 0.15) is 5.75 Å². The van der Waals surface area contributed by atoms with Gasteiger partial charge in [-0.3, -0.25) is 4.79 Å². The number of hydrogen-bond donors (Lipinski definition) is 1. The van der Waals surface area contributed by atoms with Gasteiger partial charge in [-0.15, -0.1) is 0 Å². The summed E-state index contributed by atoms with van der Waals surface area (Å²) in [4.78, 5) is 13.4. The second kappa shape index (κ2) is 10.0. The molecule has 2 rings (SSSR count). The van der Waals surface area contributed by atoms with E-state index in [9.17, 15) is 4.79 Å². The highest BCUT2D eigenvalue weighted by Gasteiger charge is 2.19. The lowest BCUT2D eigenvalue weighted by Crippen LogP contribution is -2.16. The molecule has 1 aliphatic rings. The molecule has 0 aliphatic heterocycles. The summed E-state index contributed by atoms with van der Waals surface area (Å²) in [7, 11) is 1.63. The van der Waals surface area contributed by atoms with Crippen molar-refractivity contribution in [3.63, 3.8) is 0 Å². The highest BCUT2D eigenvalue weighted by Crippen LogP contribution is 2.34. The van der Waals surface area contributed by atoms with Crippen LogP contribution in [0, 0.1) is 5.92 Å². The number of ketones is 1. The van der Waals surface area contributed by atoms with Crippen molar-refractivity contribution in [2.75, 3.05) is 13.7 Å². The molecular formula is C20H26ClNO2S. The van der Waals surface area contributed by atoms with Crippen molar-refractivity contribution in [1.29, 1.82) is 0 Å². The van der Waals surface area contributed by atoms with Crippen molar-refractivity contribution in [3.05, 3.63) is 34.9 Å². The largest absolute Gasteiger partial charge is 0.496 e. The van der Waals surface area contributed by atoms with Gasteiger partial charge in [-0.25, -0.2) is 0 Å². The van der Waals surface area contributed by atoms with Crippen LogP contribution in [0.2, 0.25) is 5.02 Å². The number of halogens is 1. The summed E-state index contributed by atoms with van der Waals surface area (Å²) in [5, 5.41) is 0.636. The summed E-state index contributed by atoms with van der Waals surface area (Å²) in [6, 6.07) is 5.52. The van der Waals surface area contributed by atoms with Crippen molar-refractivity contribution >= 4 is 40.0 Å². The van der Waals surface area contributed by atoms with Crippen molar-refractivity contribution in [2.45, 2.75) is 44.9 Å². The maximum Gasteiger partial charge on any atom is 0.155 e. The third kappa shape index (κ3) is 5.91. The Labute approximate surface area is 160 Å². The highest BCUT2D eigenvalue weighted by molar-refractivity contribution is 7.80. The van der Waals surface area contributed by atoms with Gasteiger partial charge in [-0.05, 0) is 85.7 Å². The van der Waals surface area contributed by atoms with Gasteiger partial charge < -0.3 is 10.5 Å². The number of ether oxygens (including phenoxy) is 1. The van der Waals surface area contributed by atoms with E-state index in [0.717, 1.165) is 60.3 Å². The number of methoxy groups -OCH3 is 1. The van der Waals surface area contributed by atoms with Gasteiger partial charge in [0.2, 0.25) is 0 Å². The van der Waals surface area contributed by atoms with E-state index in [1.807, 2.05) is 12.1 Å². The Hall–Kier alpha value is -1.23. The fraction of sp³-hybridized carbons (Fsp3) is 0.500. The van der Waals surface area contributed by atoms with Gasteiger partial charge in [0.05, 0.1) is 7.11 Å². The molecular weight excluding hydrogens is 354 g/mol. The molecule has 0 saturated heterocycles. The number of thiocarbonyl (C=S) groups is 1. The molecule has 2 N–H and O–H groups in total. The fourth-order valence-corrected chi connectivity index (χ4v) is 3.84. The number of benzene rings is 1. The topological polar surface area (TPSA) is 52.3 Å².